The summed E-state index contributed by atoms with van der Waals surface area (Å²) in [6.07, 6.45) is 1.09. The van der Waals surface area contributed by atoms with E-state index in [1.54, 1.807) is 0 Å². The number of carbonyl (C=O) groups excluding carboxylic acids is 1. The molecule has 1 heterocycles. The minimum Gasteiger partial charge on any atom is -0.338 e. The van der Waals surface area contributed by atoms with Crippen LogP contribution in [0, 0.1) is 5.92 Å². The number of likely N-dealkylation sites (tertiary alicyclic amines) is 1. The number of amides is 1. The molecule has 1 atom stereocenters. The summed E-state index contributed by atoms with van der Waals surface area (Å²) in [6.45, 7) is 2.71. The maximum Gasteiger partial charge on any atom is 0.253 e. The van der Waals surface area contributed by atoms with E-state index in [0.717, 1.165) is 46.9 Å². The van der Waals surface area contributed by atoms with E-state index in [9.17, 15) is 4.79 Å². The summed E-state index contributed by atoms with van der Waals surface area (Å²) in [5.74, 6) is 0.730. The van der Waals surface area contributed by atoms with Gasteiger partial charge >= 0.3 is 0 Å². The predicted molar refractivity (Wildman–Crippen MR) is 96.8 cm³/mol. The quantitative estimate of drug-likeness (QED) is 0.876. The molecule has 0 spiro atoms. The van der Waals surface area contributed by atoms with Crippen molar-refractivity contribution in [3.8, 4) is 0 Å². The molecule has 3 rings (SSSR count). The van der Waals surface area contributed by atoms with Crippen molar-refractivity contribution in [1.82, 2.24) is 10.2 Å². The first-order chi connectivity index (χ1) is 10.2. The highest BCUT2D eigenvalue weighted by Crippen LogP contribution is 2.23. The first kappa shape index (κ1) is 17.3. The van der Waals surface area contributed by atoms with Crippen LogP contribution < -0.4 is 5.32 Å². The van der Waals surface area contributed by atoms with Gasteiger partial charge in [0, 0.05) is 23.1 Å². The van der Waals surface area contributed by atoms with Gasteiger partial charge < -0.3 is 10.2 Å². The summed E-state index contributed by atoms with van der Waals surface area (Å²) >= 11 is 3.47. The van der Waals surface area contributed by atoms with Crippen molar-refractivity contribution in [2.24, 2.45) is 5.92 Å². The second kappa shape index (κ2) is 7.44. The van der Waals surface area contributed by atoms with Crippen molar-refractivity contribution in [3.05, 3.63) is 46.4 Å². The maximum atomic E-state index is 12.6. The Kier molecular flexibility index (Phi) is 5.84. The fourth-order valence-electron chi connectivity index (χ4n) is 3.00. The summed E-state index contributed by atoms with van der Waals surface area (Å²) < 4.78 is 1.06. The molecule has 0 radical (unpaired) electrons. The lowest BCUT2D eigenvalue weighted by atomic mass is 10.1. The Balaban J connectivity index is 0.00000176. The first-order valence-corrected chi connectivity index (χ1v) is 8.10. The van der Waals surface area contributed by atoms with E-state index >= 15 is 0 Å². The zero-order valence-corrected chi connectivity index (χ0v) is 14.9. The molecule has 1 fully saturated rings. The summed E-state index contributed by atoms with van der Waals surface area (Å²) in [6, 6.07) is 12.1. The van der Waals surface area contributed by atoms with Gasteiger partial charge in [0.2, 0.25) is 0 Å². The number of hydrogen-bond acceptors (Lipinski definition) is 2. The van der Waals surface area contributed by atoms with Crippen LogP contribution in [0.3, 0.4) is 0 Å². The van der Waals surface area contributed by atoms with Crippen LogP contribution in [-0.2, 0) is 0 Å². The van der Waals surface area contributed by atoms with Crippen LogP contribution in [0.5, 0.6) is 0 Å². The first-order valence-electron chi connectivity index (χ1n) is 7.30. The predicted octanol–water partition coefficient (Wildman–Crippen LogP) is 3.71. The van der Waals surface area contributed by atoms with Crippen LogP contribution in [-0.4, -0.2) is 37.5 Å². The van der Waals surface area contributed by atoms with Gasteiger partial charge in [0.1, 0.15) is 0 Å². The summed E-state index contributed by atoms with van der Waals surface area (Å²) in [5, 5.41) is 5.45. The van der Waals surface area contributed by atoms with E-state index in [1.807, 2.05) is 42.3 Å². The number of rotatable bonds is 3. The van der Waals surface area contributed by atoms with Crippen LogP contribution in [0.15, 0.2) is 40.9 Å². The highest BCUT2D eigenvalue weighted by molar-refractivity contribution is 9.10. The van der Waals surface area contributed by atoms with Crippen molar-refractivity contribution < 1.29 is 4.79 Å². The van der Waals surface area contributed by atoms with E-state index in [-0.39, 0.29) is 18.3 Å². The molecule has 22 heavy (non-hydrogen) atoms. The fraction of sp³-hybridized carbons (Fsp3) is 0.353. The molecule has 0 aliphatic carbocycles. The lowest BCUT2D eigenvalue weighted by Gasteiger charge is -2.17. The van der Waals surface area contributed by atoms with E-state index in [4.69, 9.17) is 0 Å². The lowest BCUT2D eigenvalue weighted by Crippen LogP contribution is -2.30. The van der Waals surface area contributed by atoms with Crippen LogP contribution in [0.2, 0.25) is 0 Å². The summed E-state index contributed by atoms with van der Waals surface area (Å²) in [4.78, 5) is 14.6. The van der Waals surface area contributed by atoms with Crippen LogP contribution in [0.4, 0.5) is 0 Å². The Morgan fingerprint density at radius 2 is 2.00 bits per heavy atom. The molecule has 0 aromatic heterocycles. The van der Waals surface area contributed by atoms with Gasteiger partial charge in [-0.15, -0.1) is 12.4 Å². The van der Waals surface area contributed by atoms with Gasteiger partial charge in [-0.1, -0.05) is 28.1 Å². The van der Waals surface area contributed by atoms with Gasteiger partial charge in [-0.2, -0.15) is 0 Å². The van der Waals surface area contributed by atoms with Crippen molar-refractivity contribution in [1.29, 1.82) is 0 Å². The topological polar surface area (TPSA) is 32.3 Å². The van der Waals surface area contributed by atoms with E-state index in [0.29, 0.717) is 5.92 Å². The number of hydrogen-bond donors (Lipinski definition) is 1. The van der Waals surface area contributed by atoms with Crippen LogP contribution in [0.1, 0.15) is 16.8 Å². The third-order valence-electron chi connectivity index (χ3n) is 4.12. The molecule has 2 aromatic rings. The van der Waals surface area contributed by atoms with Crippen molar-refractivity contribution in [2.45, 2.75) is 6.42 Å². The molecule has 1 amide bonds. The summed E-state index contributed by atoms with van der Waals surface area (Å²) in [5.41, 5.74) is 0.787. The van der Waals surface area contributed by atoms with Gasteiger partial charge in [0.25, 0.3) is 5.91 Å². The molecule has 1 saturated heterocycles. The Morgan fingerprint density at radius 3 is 2.77 bits per heavy atom. The second-order valence-electron chi connectivity index (χ2n) is 5.67. The summed E-state index contributed by atoms with van der Waals surface area (Å²) in [7, 11) is 1.96. The monoisotopic (exact) mass is 382 g/mol. The van der Waals surface area contributed by atoms with E-state index in [2.05, 4.69) is 27.3 Å². The molecule has 2 aromatic carbocycles. The second-order valence-corrected chi connectivity index (χ2v) is 6.59. The maximum absolute atomic E-state index is 12.6. The molecular formula is C17H20BrClN2O. The normalized spacial score (nSPS) is 17.5. The number of nitrogens with one attached hydrogen (secondary N) is 1. The zero-order valence-electron chi connectivity index (χ0n) is 12.5. The van der Waals surface area contributed by atoms with Crippen molar-refractivity contribution in [3.63, 3.8) is 0 Å². The van der Waals surface area contributed by atoms with Crippen molar-refractivity contribution >= 4 is 45.0 Å². The zero-order chi connectivity index (χ0) is 14.8. The number of benzene rings is 2. The van der Waals surface area contributed by atoms with Crippen molar-refractivity contribution in [2.75, 3.05) is 26.7 Å². The Morgan fingerprint density at radius 1 is 1.27 bits per heavy atom. The molecule has 1 N–H and O–H groups in total. The Labute approximate surface area is 145 Å². The highest BCUT2D eigenvalue weighted by Gasteiger charge is 2.26. The van der Waals surface area contributed by atoms with Crippen LogP contribution >= 0.6 is 28.3 Å². The SMILES string of the molecule is CNCC1CCN(C(=O)c2ccc3cc(Br)ccc3c2)C1.Cl. The average molecular weight is 384 g/mol. The van der Waals surface area contributed by atoms with Gasteiger partial charge in [-0.25, -0.2) is 0 Å². The number of carbonyl (C=O) groups is 1. The molecule has 0 bridgehead atoms. The van der Waals surface area contributed by atoms with E-state index < -0.39 is 0 Å². The third-order valence-corrected chi connectivity index (χ3v) is 4.61. The van der Waals surface area contributed by atoms with Gasteiger partial charge in [0.05, 0.1) is 0 Å². The lowest BCUT2D eigenvalue weighted by molar-refractivity contribution is 0.0787. The molecule has 118 valence electrons. The van der Waals surface area contributed by atoms with Gasteiger partial charge in [0.15, 0.2) is 0 Å². The fourth-order valence-corrected chi connectivity index (χ4v) is 3.38. The average Bonchev–Trinajstić information content (AvgIpc) is 2.95. The number of fused-ring (bicyclic) bond motifs is 1. The molecule has 3 nitrogen and oxygen atoms in total. The van der Waals surface area contributed by atoms with E-state index in [1.165, 1.54) is 0 Å². The van der Waals surface area contributed by atoms with Gasteiger partial charge in [-0.3, -0.25) is 4.79 Å². The molecule has 5 heteroatoms. The number of nitrogens with zero attached hydrogens (tertiary/aromatic N) is 1. The molecule has 1 aliphatic heterocycles. The standard InChI is InChI=1S/C17H19BrN2O.ClH/c1-19-10-12-6-7-20(11-12)17(21)15-3-2-14-9-16(18)5-4-13(14)8-15;/h2-5,8-9,12,19H,6-7,10-11H2,1H3;1H. The minimum absolute atomic E-state index is 0. The molecule has 0 saturated carbocycles. The molecule has 1 unspecified atom stereocenters. The third kappa shape index (κ3) is 3.62. The van der Waals surface area contributed by atoms with Crippen LogP contribution in [0.25, 0.3) is 10.8 Å². The molecule has 1 aliphatic rings. The highest BCUT2D eigenvalue weighted by atomic mass is 79.9. The number of halogens is 2. The minimum atomic E-state index is 0. The Bertz CT molecular complexity index is 677. The smallest absolute Gasteiger partial charge is 0.253 e. The Hall–Kier alpha value is -1.10. The largest absolute Gasteiger partial charge is 0.338 e. The molecular weight excluding hydrogens is 364 g/mol. The van der Waals surface area contributed by atoms with Gasteiger partial charge in [-0.05, 0) is 61.0 Å².